The minimum Gasteiger partial charge on any atom is -0.440 e. The van der Waals surface area contributed by atoms with Crippen molar-refractivity contribution in [2.24, 2.45) is 0 Å². The Labute approximate surface area is 165 Å². The summed E-state index contributed by atoms with van der Waals surface area (Å²) < 4.78 is 6.30. The third-order valence-electron chi connectivity index (χ3n) is 4.84. The van der Waals surface area contributed by atoms with Gasteiger partial charge in [0.1, 0.15) is 5.58 Å². The lowest BCUT2D eigenvalue weighted by Gasteiger charge is -2.18. The first-order valence-corrected chi connectivity index (χ1v) is 9.45. The molecule has 0 amide bonds. The quantitative estimate of drug-likeness (QED) is 0.381. The fraction of sp³-hybridized carbons (Fsp3) is 0.167. The summed E-state index contributed by atoms with van der Waals surface area (Å²) in [4.78, 5) is 2.16. The Morgan fingerprint density at radius 2 is 1.52 bits per heavy atom. The van der Waals surface area contributed by atoms with E-state index in [4.69, 9.17) is 16.0 Å². The molecule has 0 saturated carbocycles. The summed E-state index contributed by atoms with van der Waals surface area (Å²) in [6.07, 6.45) is 0. The largest absolute Gasteiger partial charge is 0.440 e. The van der Waals surface area contributed by atoms with Crippen molar-refractivity contribution in [1.29, 1.82) is 0 Å². The molecule has 136 valence electrons. The van der Waals surface area contributed by atoms with Gasteiger partial charge in [0.05, 0.1) is 5.56 Å². The molecule has 0 spiro atoms. The highest BCUT2D eigenvalue weighted by atomic mass is 35.5. The number of halogens is 1. The molecule has 0 aliphatic rings. The predicted molar refractivity (Wildman–Crippen MR) is 115 cm³/mol. The van der Waals surface area contributed by atoms with Crippen molar-refractivity contribution < 1.29 is 4.42 Å². The van der Waals surface area contributed by atoms with Crippen LogP contribution in [0.3, 0.4) is 0 Å². The zero-order valence-electron chi connectivity index (χ0n) is 15.8. The van der Waals surface area contributed by atoms with Gasteiger partial charge >= 0.3 is 0 Å². The van der Waals surface area contributed by atoms with E-state index in [0.29, 0.717) is 0 Å². The summed E-state index contributed by atoms with van der Waals surface area (Å²) in [5, 5.41) is 1.90. The number of nitrogens with zero attached hydrogens (tertiary/aromatic N) is 1. The fourth-order valence-electron chi connectivity index (χ4n) is 3.40. The summed E-state index contributed by atoms with van der Waals surface area (Å²) in [6.45, 7) is 4.96. The molecule has 0 bridgehead atoms. The SMILES string of the molecule is Cc1ccc(-c2c(N(C)Cc3ccc(Cl)cc3)oc3ccc(C)cc23)cc1. The molecule has 1 aromatic heterocycles. The smallest absolute Gasteiger partial charge is 0.204 e. The van der Waals surface area contributed by atoms with Gasteiger partial charge in [-0.2, -0.15) is 0 Å². The lowest BCUT2D eigenvalue weighted by molar-refractivity contribution is 0.597. The number of rotatable bonds is 4. The van der Waals surface area contributed by atoms with E-state index in [9.17, 15) is 0 Å². The Morgan fingerprint density at radius 3 is 2.22 bits per heavy atom. The van der Waals surface area contributed by atoms with E-state index >= 15 is 0 Å². The molecule has 4 rings (SSSR count). The summed E-state index contributed by atoms with van der Waals surface area (Å²) in [7, 11) is 2.07. The molecule has 1 heterocycles. The summed E-state index contributed by atoms with van der Waals surface area (Å²) >= 11 is 6.02. The number of hydrogen-bond donors (Lipinski definition) is 0. The third-order valence-corrected chi connectivity index (χ3v) is 5.10. The highest BCUT2D eigenvalue weighted by molar-refractivity contribution is 6.30. The van der Waals surface area contributed by atoms with Crippen LogP contribution in [0.2, 0.25) is 5.02 Å². The number of fused-ring (bicyclic) bond motifs is 1. The van der Waals surface area contributed by atoms with Gasteiger partial charge in [0.2, 0.25) is 5.88 Å². The van der Waals surface area contributed by atoms with E-state index in [1.807, 2.05) is 12.1 Å². The molecule has 0 atom stereocenters. The van der Waals surface area contributed by atoms with Crippen molar-refractivity contribution >= 4 is 28.5 Å². The third kappa shape index (κ3) is 3.58. The average Bonchev–Trinajstić information content (AvgIpc) is 3.03. The first-order valence-electron chi connectivity index (χ1n) is 9.07. The van der Waals surface area contributed by atoms with Crippen molar-refractivity contribution in [2.75, 3.05) is 11.9 Å². The van der Waals surface area contributed by atoms with Crippen LogP contribution in [0.25, 0.3) is 22.1 Å². The molecule has 0 unspecified atom stereocenters. The van der Waals surface area contributed by atoms with Crippen molar-refractivity contribution in [3.63, 3.8) is 0 Å². The maximum absolute atomic E-state index is 6.30. The van der Waals surface area contributed by atoms with Gasteiger partial charge in [-0.3, -0.25) is 0 Å². The number of benzene rings is 3. The van der Waals surface area contributed by atoms with Gasteiger partial charge in [0.15, 0.2) is 0 Å². The Morgan fingerprint density at radius 1 is 0.852 bits per heavy atom. The fourth-order valence-corrected chi connectivity index (χ4v) is 3.53. The van der Waals surface area contributed by atoms with Gasteiger partial charge in [0.25, 0.3) is 0 Å². The number of anilines is 1. The highest BCUT2D eigenvalue weighted by Gasteiger charge is 2.19. The number of aryl methyl sites for hydroxylation is 2. The molecule has 3 aromatic carbocycles. The monoisotopic (exact) mass is 375 g/mol. The second kappa shape index (κ2) is 7.13. The Kier molecular flexibility index (Phi) is 4.67. The van der Waals surface area contributed by atoms with Crippen LogP contribution in [-0.4, -0.2) is 7.05 Å². The minimum atomic E-state index is 0.745. The van der Waals surface area contributed by atoms with Gasteiger partial charge in [-0.05, 0) is 49.2 Å². The van der Waals surface area contributed by atoms with E-state index in [2.05, 4.69) is 80.4 Å². The molecular formula is C24H22ClNO. The molecule has 4 aromatic rings. The highest BCUT2D eigenvalue weighted by Crippen LogP contribution is 2.41. The van der Waals surface area contributed by atoms with Crippen LogP contribution in [0.15, 0.2) is 71.1 Å². The number of furan rings is 1. The summed E-state index contributed by atoms with van der Waals surface area (Å²) in [5.74, 6) is 0.884. The number of hydrogen-bond acceptors (Lipinski definition) is 2. The van der Waals surface area contributed by atoms with E-state index in [1.165, 1.54) is 22.3 Å². The average molecular weight is 376 g/mol. The topological polar surface area (TPSA) is 16.4 Å². The van der Waals surface area contributed by atoms with Gasteiger partial charge in [-0.15, -0.1) is 0 Å². The Hall–Kier alpha value is -2.71. The van der Waals surface area contributed by atoms with Crippen LogP contribution in [0.5, 0.6) is 0 Å². The van der Waals surface area contributed by atoms with E-state index in [1.54, 1.807) is 0 Å². The van der Waals surface area contributed by atoms with Crippen LogP contribution in [0.1, 0.15) is 16.7 Å². The second-order valence-corrected chi connectivity index (χ2v) is 7.57. The first-order chi connectivity index (χ1) is 13.0. The molecule has 0 aliphatic heterocycles. The van der Waals surface area contributed by atoms with E-state index < -0.39 is 0 Å². The van der Waals surface area contributed by atoms with Crippen LogP contribution < -0.4 is 4.90 Å². The molecule has 3 heteroatoms. The predicted octanol–water partition coefficient (Wildman–Crippen LogP) is 7.01. The van der Waals surface area contributed by atoms with Gasteiger partial charge in [-0.1, -0.05) is 65.2 Å². The lowest BCUT2D eigenvalue weighted by Crippen LogP contribution is -2.16. The molecule has 0 radical (unpaired) electrons. The normalized spacial score (nSPS) is 11.1. The van der Waals surface area contributed by atoms with Gasteiger partial charge in [-0.25, -0.2) is 0 Å². The van der Waals surface area contributed by atoms with Gasteiger partial charge in [0, 0.05) is 24.0 Å². The molecule has 2 nitrogen and oxygen atoms in total. The zero-order valence-corrected chi connectivity index (χ0v) is 16.5. The Bertz CT molecular complexity index is 1080. The van der Waals surface area contributed by atoms with Gasteiger partial charge < -0.3 is 9.32 Å². The van der Waals surface area contributed by atoms with Crippen molar-refractivity contribution in [1.82, 2.24) is 0 Å². The van der Waals surface area contributed by atoms with Crippen LogP contribution in [0, 0.1) is 13.8 Å². The molecule has 0 fully saturated rings. The second-order valence-electron chi connectivity index (χ2n) is 7.13. The summed E-state index contributed by atoms with van der Waals surface area (Å²) in [5.41, 5.74) is 6.89. The van der Waals surface area contributed by atoms with Crippen molar-refractivity contribution in [3.05, 3.63) is 88.4 Å². The first kappa shape index (κ1) is 17.7. The van der Waals surface area contributed by atoms with E-state index in [-0.39, 0.29) is 0 Å². The standard InChI is InChI=1S/C24H22ClNO/c1-16-4-9-19(10-5-16)23-21-14-17(2)6-13-22(21)27-24(23)26(3)15-18-7-11-20(25)12-8-18/h4-14H,15H2,1-3H3. The zero-order chi connectivity index (χ0) is 19.0. The van der Waals surface area contributed by atoms with Crippen molar-refractivity contribution in [3.8, 4) is 11.1 Å². The molecule has 0 saturated heterocycles. The maximum Gasteiger partial charge on any atom is 0.204 e. The molecule has 0 N–H and O–H groups in total. The maximum atomic E-state index is 6.30. The van der Waals surface area contributed by atoms with Crippen LogP contribution in [-0.2, 0) is 6.54 Å². The summed E-state index contributed by atoms with van der Waals surface area (Å²) in [6, 6.07) is 22.9. The van der Waals surface area contributed by atoms with Crippen LogP contribution in [0.4, 0.5) is 5.88 Å². The van der Waals surface area contributed by atoms with E-state index in [0.717, 1.165) is 34.0 Å². The lowest BCUT2D eigenvalue weighted by atomic mass is 10.0. The molecule has 0 aliphatic carbocycles. The minimum absolute atomic E-state index is 0.745. The van der Waals surface area contributed by atoms with Crippen LogP contribution >= 0.6 is 11.6 Å². The molecule has 27 heavy (non-hydrogen) atoms. The van der Waals surface area contributed by atoms with Crippen molar-refractivity contribution in [2.45, 2.75) is 20.4 Å². The molecular weight excluding hydrogens is 354 g/mol. The Balaban J connectivity index is 1.82.